The van der Waals surface area contributed by atoms with Crippen molar-refractivity contribution in [3.05, 3.63) is 52.5 Å². The number of fused-ring (bicyclic) bond motifs is 1. The van der Waals surface area contributed by atoms with Gasteiger partial charge < -0.3 is 15.4 Å². The first-order valence-electron chi connectivity index (χ1n) is 6.67. The van der Waals surface area contributed by atoms with E-state index in [0.717, 1.165) is 21.5 Å². The van der Waals surface area contributed by atoms with E-state index in [1.54, 1.807) is 11.8 Å². The minimum atomic E-state index is -0.479. The molecular weight excluding hydrogens is 332 g/mol. The Hall–Kier alpha value is -2.01. The second-order valence-corrected chi connectivity index (χ2v) is 5.86. The van der Waals surface area contributed by atoms with Crippen LogP contribution in [0.5, 0.6) is 5.75 Å². The number of nitrogens with two attached hydrogens (primary N) is 1. The molecule has 0 aromatic heterocycles. The van der Waals surface area contributed by atoms with Gasteiger partial charge in [0.1, 0.15) is 5.75 Å². The highest BCUT2D eigenvalue weighted by molar-refractivity contribution is 9.10. The molecule has 21 heavy (non-hydrogen) atoms. The molecule has 4 nitrogen and oxygen atoms in total. The van der Waals surface area contributed by atoms with Crippen molar-refractivity contribution in [3.63, 3.8) is 0 Å². The molecule has 0 saturated heterocycles. The Morgan fingerprint density at radius 2 is 2.05 bits per heavy atom. The van der Waals surface area contributed by atoms with Crippen LogP contribution in [0, 0.1) is 0 Å². The second kappa shape index (κ2) is 5.41. The molecule has 2 aromatic rings. The van der Waals surface area contributed by atoms with Gasteiger partial charge in [-0.3, -0.25) is 4.79 Å². The molecule has 1 atom stereocenters. The topological polar surface area (TPSA) is 55.6 Å². The zero-order valence-corrected chi connectivity index (χ0v) is 13.1. The van der Waals surface area contributed by atoms with E-state index in [0.29, 0.717) is 12.2 Å². The number of carbonyl (C=O) groups excluding carboxylic acids is 1. The summed E-state index contributed by atoms with van der Waals surface area (Å²) in [5, 5.41) is 0. The van der Waals surface area contributed by atoms with Crippen LogP contribution in [0.2, 0.25) is 0 Å². The van der Waals surface area contributed by atoms with Crippen molar-refractivity contribution in [2.24, 2.45) is 0 Å². The SMILES string of the molecule is CC1Oc2ccccc2N(Cc2ccc(N)cc2Br)C1=O. The summed E-state index contributed by atoms with van der Waals surface area (Å²) in [4.78, 5) is 14.2. The van der Waals surface area contributed by atoms with Crippen molar-refractivity contribution < 1.29 is 9.53 Å². The maximum atomic E-state index is 12.4. The molecule has 2 N–H and O–H groups in total. The summed E-state index contributed by atoms with van der Waals surface area (Å²) in [6.07, 6.45) is -0.479. The van der Waals surface area contributed by atoms with Crippen molar-refractivity contribution >= 4 is 33.2 Å². The fourth-order valence-electron chi connectivity index (χ4n) is 2.38. The molecule has 0 bridgehead atoms. The predicted molar refractivity (Wildman–Crippen MR) is 86.3 cm³/mol. The minimum Gasteiger partial charge on any atom is -0.479 e. The van der Waals surface area contributed by atoms with Gasteiger partial charge in [0.05, 0.1) is 12.2 Å². The maximum absolute atomic E-state index is 12.4. The molecule has 108 valence electrons. The van der Waals surface area contributed by atoms with Crippen LogP contribution >= 0.6 is 15.9 Å². The van der Waals surface area contributed by atoms with Gasteiger partial charge in [0.2, 0.25) is 0 Å². The number of nitrogens with zero attached hydrogens (tertiary/aromatic N) is 1. The first-order chi connectivity index (χ1) is 10.1. The molecule has 5 heteroatoms. The van der Waals surface area contributed by atoms with Crippen molar-refractivity contribution in [1.82, 2.24) is 0 Å². The van der Waals surface area contributed by atoms with Crippen LogP contribution in [0.25, 0.3) is 0 Å². The van der Waals surface area contributed by atoms with E-state index in [1.807, 2.05) is 42.5 Å². The number of para-hydroxylation sites is 2. The number of rotatable bonds is 2. The summed E-state index contributed by atoms with van der Waals surface area (Å²) in [6.45, 7) is 2.24. The molecule has 0 radical (unpaired) electrons. The lowest BCUT2D eigenvalue weighted by molar-refractivity contribution is -0.125. The normalized spacial score (nSPS) is 17.3. The number of amides is 1. The van der Waals surface area contributed by atoms with Gasteiger partial charge in [-0.2, -0.15) is 0 Å². The molecule has 2 aromatic carbocycles. The number of nitrogen functional groups attached to an aromatic ring is 1. The average Bonchev–Trinajstić information content (AvgIpc) is 2.46. The molecule has 1 amide bonds. The summed E-state index contributed by atoms with van der Waals surface area (Å²) in [6, 6.07) is 13.2. The van der Waals surface area contributed by atoms with Crippen molar-refractivity contribution in [1.29, 1.82) is 0 Å². The number of hydrogen-bond donors (Lipinski definition) is 1. The summed E-state index contributed by atoms with van der Waals surface area (Å²) in [5.41, 5.74) is 8.24. The summed E-state index contributed by atoms with van der Waals surface area (Å²) in [5.74, 6) is 0.689. The molecule has 3 rings (SSSR count). The number of hydrogen-bond acceptors (Lipinski definition) is 3. The predicted octanol–water partition coefficient (Wildman–Crippen LogP) is 3.35. The van der Waals surface area contributed by atoms with E-state index in [4.69, 9.17) is 10.5 Å². The van der Waals surface area contributed by atoms with Crippen LogP contribution in [0.3, 0.4) is 0 Å². The van der Waals surface area contributed by atoms with E-state index in [1.165, 1.54) is 0 Å². The highest BCUT2D eigenvalue weighted by atomic mass is 79.9. The van der Waals surface area contributed by atoms with Gasteiger partial charge >= 0.3 is 0 Å². The van der Waals surface area contributed by atoms with E-state index in [2.05, 4.69) is 15.9 Å². The van der Waals surface area contributed by atoms with Crippen LogP contribution in [-0.2, 0) is 11.3 Å². The Morgan fingerprint density at radius 3 is 2.81 bits per heavy atom. The zero-order chi connectivity index (χ0) is 15.0. The number of carbonyl (C=O) groups is 1. The summed E-state index contributed by atoms with van der Waals surface area (Å²) in [7, 11) is 0. The average molecular weight is 347 g/mol. The molecule has 0 fully saturated rings. The third-order valence-corrected chi connectivity index (χ3v) is 4.22. The van der Waals surface area contributed by atoms with E-state index >= 15 is 0 Å². The monoisotopic (exact) mass is 346 g/mol. The Morgan fingerprint density at radius 1 is 1.29 bits per heavy atom. The van der Waals surface area contributed by atoms with E-state index < -0.39 is 6.10 Å². The second-order valence-electron chi connectivity index (χ2n) is 5.00. The van der Waals surface area contributed by atoms with Crippen LogP contribution in [0.15, 0.2) is 46.9 Å². The first kappa shape index (κ1) is 13.9. The lowest BCUT2D eigenvalue weighted by Gasteiger charge is -2.33. The molecule has 0 aliphatic carbocycles. The Kier molecular flexibility index (Phi) is 3.59. The van der Waals surface area contributed by atoms with Gasteiger partial charge in [-0.05, 0) is 36.8 Å². The maximum Gasteiger partial charge on any atom is 0.268 e. The molecular formula is C16H15BrN2O2. The number of anilines is 2. The fraction of sp³-hybridized carbons (Fsp3) is 0.188. The van der Waals surface area contributed by atoms with Crippen LogP contribution in [0.1, 0.15) is 12.5 Å². The molecule has 0 saturated carbocycles. The molecule has 0 spiro atoms. The number of benzene rings is 2. The van der Waals surface area contributed by atoms with Gasteiger partial charge in [0.15, 0.2) is 6.10 Å². The molecule has 1 unspecified atom stereocenters. The molecule has 1 heterocycles. The number of ether oxygens (including phenoxy) is 1. The van der Waals surface area contributed by atoms with E-state index in [-0.39, 0.29) is 5.91 Å². The van der Waals surface area contributed by atoms with Crippen LogP contribution in [0.4, 0.5) is 11.4 Å². The highest BCUT2D eigenvalue weighted by Gasteiger charge is 2.31. The largest absolute Gasteiger partial charge is 0.479 e. The summed E-state index contributed by atoms with van der Waals surface area (Å²) < 4.78 is 6.53. The van der Waals surface area contributed by atoms with Crippen molar-refractivity contribution in [2.75, 3.05) is 10.6 Å². The van der Waals surface area contributed by atoms with Gasteiger partial charge in [-0.1, -0.05) is 34.1 Å². The standard InChI is InChI=1S/C16H15BrN2O2/c1-10-16(20)19(14-4-2-3-5-15(14)21-10)9-11-6-7-12(18)8-13(11)17/h2-8,10H,9,18H2,1H3. The molecule has 1 aliphatic heterocycles. The quantitative estimate of drug-likeness (QED) is 0.848. The van der Waals surface area contributed by atoms with Crippen molar-refractivity contribution in [3.8, 4) is 5.75 Å². The third-order valence-electron chi connectivity index (χ3n) is 3.48. The van der Waals surface area contributed by atoms with Gasteiger partial charge in [0, 0.05) is 10.2 Å². The first-order valence-corrected chi connectivity index (χ1v) is 7.46. The lowest BCUT2D eigenvalue weighted by Crippen LogP contribution is -2.44. The molecule has 1 aliphatic rings. The minimum absolute atomic E-state index is 0.0441. The van der Waals surface area contributed by atoms with Crippen LogP contribution in [-0.4, -0.2) is 12.0 Å². The zero-order valence-electron chi connectivity index (χ0n) is 11.5. The third kappa shape index (κ3) is 2.61. The Balaban J connectivity index is 1.99. The highest BCUT2D eigenvalue weighted by Crippen LogP contribution is 2.35. The Bertz CT molecular complexity index is 702. The fourth-order valence-corrected chi connectivity index (χ4v) is 2.91. The lowest BCUT2D eigenvalue weighted by atomic mass is 10.1. The summed E-state index contributed by atoms with van der Waals surface area (Å²) >= 11 is 3.50. The number of halogens is 1. The smallest absolute Gasteiger partial charge is 0.268 e. The van der Waals surface area contributed by atoms with Crippen molar-refractivity contribution in [2.45, 2.75) is 19.6 Å². The van der Waals surface area contributed by atoms with Gasteiger partial charge in [-0.15, -0.1) is 0 Å². The van der Waals surface area contributed by atoms with E-state index in [9.17, 15) is 4.79 Å². The van der Waals surface area contributed by atoms with Gasteiger partial charge in [0.25, 0.3) is 5.91 Å². The van der Waals surface area contributed by atoms with Crippen LogP contribution < -0.4 is 15.4 Å². The van der Waals surface area contributed by atoms with Gasteiger partial charge in [-0.25, -0.2) is 0 Å². The Labute approximate surface area is 131 Å².